The number of hydrogen-bond acceptors (Lipinski definition) is 2. The van der Waals surface area contributed by atoms with Gasteiger partial charge in [0.15, 0.2) is 0 Å². The average Bonchev–Trinajstić information content (AvgIpc) is 2.49. The van der Waals surface area contributed by atoms with Crippen LogP contribution < -0.4 is 11.1 Å². The fourth-order valence-corrected chi connectivity index (χ4v) is 2.39. The van der Waals surface area contributed by atoms with Crippen molar-refractivity contribution < 1.29 is 4.79 Å². The smallest absolute Gasteiger partial charge is 0.248 e. The first-order valence-electron chi connectivity index (χ1n) is 7.31. The summed E-state index contributed by atoms with van der Waals surface area (Å²) in [5.74, 6) is -0.388. The van der Waals surface area contributed by atoms with E-state index in [9.17, 15) is 4.79 Å². The minimum absolute atomic E-state index is 0.366. The summed E-state index contributed by atoms with van der Waals surface area (Å²) in [7, 11) is 0. The van der Waals surface area contributed by atoms with Crippen molar-refractivity contribution in [3.05, 3.63) is 65.2 Å². The molecular weight excluding hydrogens is 260 g/mol. The maximum atomic E-state index is 11.2. The molecule has 0 spiro atoms. The molecule has 0 aliphatic rings. The number of rotatable bonds is 6. The van der Waals surface area contributed by atoms with Crippen LogP contribution in [0.2, 0.25) is 0 Å². The van der Waals surface area contributed by atoms with E-state index in [0.29, 0.717) is 11.6 Å². The minimum Gasteiger partial charge on any atom is -0.382 e. The number of nitrogens with one attached hydrogen (secondary N) is 1. The average molecular weight is 282 g/mol. The lowest BCUT2D eigenvalue weighted by Crippen LogP contribution is -2.22. The summed E-state index contributed by atoms with van der Waals surface area (Å²) in [5.41, 5.74) is 9.27. The Balaban J connectivity index is 2.10. The third-order valence-corrected chi connectivity index (χ3v) is 3.69. The van der Waals surface area contributed by atoms with Crippen LogP contribution in [0.1, 0.15) is 34.8 Å². The first-order valence-corrected chi connectivity index (χ1v) is 7.31. The topological polar surface area (TPSA) is 55.1 Å². The second-order valence-corrected chi connectivity index (χ2v) is 5.33. The first kappa shape index (κ1) is 15.1. The van der Waals surface area contributed by atoms with Gasteiger partial charge >= 0.3 is 0 Å². The van der Waals surface area contributed by atoms with Crippen molar-refractivity contribution in [2.75, 3.05) is 5.32 Å². The molecule has 2 aromatic carbocycles. The fraction of sp³-hybridized carbons (Fsp3) is 0.278. The quantitative estimate of drug-likeness (QED) is 0.851. The lowest BCUT2D eigenvalue weighted by Gasteiger charge is -2.20. The van der Waals surface area contributed by atoms with Gasteiger partial charge in [-0.15, -0.1) is 0 Å². The van der Waals surface area contributed by atoms with Crippen LogP contribution in [0.25, 0.3) is 0 Å². The Bertz CT molecular complexity index is 608. The number of hydrogen-bond donors (Lipinski definition) is 2. The molecule has 3 heteroatoms. The minimum atomic E-state index is -0.388. The summed E-state index contributed by atoms with van der Waals surface area (Å²) in [6, 6.07) is 16.4. The fourth-order valence-electron chi connectivity index (χ4n) is 2.39. The number of anilines is 1. The Hall–Kier alpha value is -2.29. The third-order valence-electron chi connectivity index (χ3n) is 3.69. The molecule has 3 nitrogen and oxygen atoms in total. The molecule has 1 atom stereocenters. The van der Waals surface area contributed by atoms with Crippen LogP contribution in [0.15, 0.2) is 48.5 Å². The maximum absolute atomic E-state index is 11.2. The molecule has 0 saturated heterocycles. The first-order chi connectivity index (χ1) is 10.1. The molecule has 0 heterocycles. The number of carbonyl (C=O) groups is 1. The van der Waals surface area contributed by atoms with E-state index in [2.05, 4.69) is 36.5 Å². The van der Waals surface area contributed by atoms with E-state index < -0.39 is 0 Å². The highest BCUT2D eigenvalue weighted by atomic mass is 16.1. The number of primary amides is 1. The van der Waals surface area contributed by atoms with Crippen LogP contribution in [0, 0.1) is 6.92 Å². The summed E-state index contributed by atoms with van der Waals surface area (Å²) in [6.45, 7) is 4.16. The molecule has 0 bridgehead atoms. The molecule has 110 valence electrons. The van der Waals surface area contributed by atoms with Gasteiger partial charge in [0, 0.05) is 17.3 Å². The molecule has 2 rings (SSSR count). The van der Waals surface area contributed by atoms with Crippen LogP contribution in [-0.4, -0.2) is 11.9 Å². The molecule has 0 aliphatic carbocycles. The SMILES string of the molecule is CCC(Cc1ccccc1)Nc1ccc(C(N)=O)cc1C. The predicted octanol–water partition coefficient (Wildman–Crippen LogP) is 3.53. The number of nitrogens with two attached hydrogens (primary N) is 1. The standard InChI is InChI=1S/C18H22N2O/c1-3-16(12-14-7-5-4-6-8-14)20-17-10-9-15(18(19)21)11-13(17)2/h4-11,16,20H,3,12H2,1-2H3,(H2,19,21). The van der Waals surface area contributed by atoms with Crippen LogP contribution in [0.4, 0.5) is 5.69 Å². The second-order valence-electron chi connectivity index (χ2n) is 5.33. The molecule has 0 radical (unpaired) electrons. The molecule has 0 fully saturated rings. The number of amides is 1. The lowest BCUT2D eigenvalue weighted by molar-refractivity contribution is 0.1000. The van der Waals surface area contributed by atoms with Gasteiger partial charge in [-0.25, -0.2) is 0 Å². The largest absolute Gasteiger partial charge is 0.382 e. The maximum Gasteiger partial charge on any atom is 0.248 e. The summed E-state index contributed by atoms with van der Waals surface area (Å²) in [4.78, 5) is 11.2. The molecule has 0 aliphatic heterocycles. The molecule has 0 aromatic heterocycles. The van der Waals surface area contributed by atoms with Crippen molar-refractivity contribution in [2.24, 2.45) is 5.73 Å². The van der Waals surface area contributed by atoms with Crippen molar-refractivity contribution in [1.29, 1.82) is 0 Å². The normalized spacial score (nSPS) is 11.9. The second kappa shape index (κ2) is 6.93. The Morgan fingerprint density at radius 1 is 1.19 bits per heavy atom. The van der Waals surface area contributed by atoms with E-state index >= 15 is 0 Å². The third kappa shape index (κ3) is 4.09. The Morgan fingerprint density at radius 3 is 2.48 bits per heavy atom. The Labute approximate surface area is 126 Å². The van der Waals surface area contributed by atoms with Gasteiger partial charge in [0.1, 0.15) is 0 Å². The van der Waals surface area contributed by atoms with Gasteiger partial charge in [0.2, 0.25) is 5.91 Å². The van der Waals surface area contributed by atoms with Gasteiger partial charge in [0.25, 0.3) is 0 Å². The van der Waals surface area contributed by atoms with Crippen LogP contribution >= 0.6 is 0 Å². The van der Waals surface area contributed by atoms with Crippen LogP contribution in [0.5, 0.6) is 0 Å². The summed E-state index contributed by atoms with van der Waals surface area (Å²) in [5, 5.41) is 3.56. The van der Waals surface area contributed by atoms with Gasteiger partial charge in [-0.05, 0) is 49.1 Å². The zero-order valence-electron chi connectivity index (χ0n) is 12.6. The van der Waals surface area contributed by atoms with E-state index in [0.717, 1.165) is 24.1 Å². The Morgan fingerprint density at radius 2 is 1.90 bits per heavy atom. The number of benzene rings is 2. The highest BCUT2D eigenvalue weighted by Gasteiger charge is 2.10. The van der Waals surface area contributed by atoms with Crippen molar-refractivity contribution in [1.82, 2.24) is 0 Å². The van der Waals surface area contributed by atoms with Crippen molar-refractivity contribution >= 4 is 11.6 Å². The van der Waals surface area contributed by atoms with Crippen molar-refractivity contribution in [2.45, 2.75) is 32.7 Å². The zero-order valence-corrected chi connectivity index (χ0v) is 12.6. The molecule has 1 unspecified atom stereocenters. The van der Waals surface area contributed by atoms with Gasteiger partial charge < -0.3 is 11.1 Å². The van der Waals surface area contributed by atoms with E-state index in [1.54, 1.807) is 6.07 Å². The summed E-state index contributed by atoms with van der Waals surface area (Å²) >= 11 is 0. The number of aryl methyl sites for hydroxylation is 1. The highest BCUT2D eigenvalue weighted by molar-refractivity contribution is 5.93. The molecule has 1 amide bonds. The van der Waals surface area contributed by atoms with E-state index in [4.69, 9.17) is 5.73 Å². The molecule has 0 saturated carbocycles. The van der Waals surface area contributed by atoms with Crippen LogP contribution in [-0.2, 0) is 6.42 Å². The molecule has 2 aromatic rings. The van der Waals surface area contributed by atoms with Crippen molar-refractivity contribution in [3.63, 3.8) is 0 Å². The van der Waals surface area contributed by atoms with Gasteiger partial charge in [-0.3, -0.25) is 4.79 Å². The lowest BCUT2D eigenvalue weighted by atomic mass is 10.0. The predicted molar refractivity (Wildman–Crippen MR) is 87.5 cm³/mol. The number of carbonyl (C=O) groups excluding carboxylic acids is 1. The zero-order chi connectivity index (χ0) is 15.2. The van der Waals surface area contributed by atoms with Crippen LogP contribution in [0.3, 0.4) is 0 Å². The summed E-state index contributed by atoms with van der Waals surface area (Å²) < 4.78 is 0. The van der Waals surface area contributed by atoms with Crippen molar-refractivity contribution in [3.8, 4) is 0 Å². The summed E-state index contributed by atoms with van der Waals surface area (Å²) in [6.07, 6.45) is 2.01. The Kier molecular flexibility index (Phi) is 4.99. The van der Waals surface area contributed by atoms with E-state index in [1.165, 1.54) is 5.56 Å². The monoisotopic (exact) mass is 282 g/mol. The van der Waals surface area contributed by atoms with Gasteiger partial charge in [-0.1, -0.05) is 37.3 Å². The van der Waals surface area contributed by atoms with E-state index in [-0.39, 0.29) is 5.91 Å². The van der Waals surface area contributed by atoms with Gasteiger partial charge in [0.05, 0.1) is 0 Å². The van der Waals surface area contributed by atoms with Gasteiger partial charge in [-0.2, -0.15) is 0 Å². The molecule has 3 N–H and O–H groups in total. The molecule has 21 heavy (non-hydrogen) atoms. The molecular formula is C18H22N2O. The highest BCUT2D eigenvalue weighted by Crippen LogP contribution is 2.19. The van der Waals surface area contributed by atoms with E-state index in [1.807, 2.05) is 25.1 Å².